The molecule has 21 heavy (non-hydrogen) atoms. The van der Waals surface area contributed by atoms with Gasteiger partial charge in [-0.05, 0) is 18.9 Å². The molecule has 114 valence electrons. The third-order valence-corrected chi connectivity index (χ3v) is 3.85. The minimum Gasteiger partial charge on any atom is -0.343 e. The van der Waals surface area contributed by atoms with Gasteiger partial charge in [0, 0.05) is 25.4 Å². The van der Waals surface area contributed by atoms with Crippen molar-refractivity contribution in [3.63, 3.8) is 0 Å². The Balaban J connectivity index is 2.14. The quantitative estimate of drug-likeness (QED) is 0.851. The number of carbonyl (C=O) groups excluding carboxylic acids is 2. The average Bonchev–Trinajstić information content (AvgIpc) is 2.49. The first-order valence-corrected chi connectivity index (χ1v) is 7.34. The molecule has 2 unspecified atom stereocenters. The molecule has 1 N–H and O–H groups in total. The van der Waals surface area contributed by atoms with E-state index in [1.54, 1.807) is 27.8 Å². The molecular weight excluding hydrogens is 270 g/mol. The van der Waals surface area contributed by atoms with E-state index >= 15 is 0 Å². The Bertz CT molecular complexity index is 582. The van der Waals surface area contributed by atoms with Crippen molar-refractivity contribution in [1.82, 2.24) is 14.8 Å². The van der Waals surface area contributed by atoms with Crippen molar-refractivity contribution in [3.8, 4) is 0 Å². The van der Waals surface area contributed by atoms with Crippen molar-refractivity contribution in [3.05, 3.63) is 34.7 Å². The Labute approximate surface area is 123 Å². The fourth-order valence-electron chi connectivity index (χ4n) is 2.63. The highest BCUT2D eigenvalue weighted by Crippen LogP contribution is 2.14. The Morgan fingerprint density at radius 2 is 1.86 bits per heavy atom. The summed E-state index contributed by atoms with van der Waals surface area (Å²) in [6.07, 6.45) is 2.83. The summed E-state index contributed by atoms with van der Waals surface area (Å²) in [6.45, 7) is 4.51. The van der Waals surface area contributed by atoms with Gasteiger partial charge in [0.2, 0.25) is 11.8 Å². The van der Waals surface area contributed by atoms with Gasteiger partial charge in [0.15, 0.2) is 0 Å². The molecule has 6 nitrogen and oxygen atoms in total. The molecule has 1 aliphatic heterocycles. The van der Waals surface area contributed by atoms with Gasteiger partial charge in [-0.3, -0.25) is 14.4 Å². The lowest BCUT2D eigenvalue weighted by Crippen LogP contribution is -2.63. The highest BCUT2D eigenvalue weighted by Gasteiger charge is 2.38. The Morgan fingerprint density at radius 3 is 2.48 bits per heavy atom. The van der Waals surface area contributed by atoms with E-state index in [2.05, 4.69) is 5.32 Å². The van der Waals surface area contributed by atoms with E-state index in [9.17, 15) is 14.4 Å². The minimum atomic E-state index is -0.451. The van der Waals surface area contributed by atoms with E-state index in [4.69, 9.17) is 0 Å². The second kappa shape index (κ2) is 6.56. The molecule has 1 aromatic rings. The summed E-state index contributed by atoms with van der Waals surface area (Å²) in [5.74, 6) is -0.169. The van der Waals surface area contributed by atoms with Crippen molar-refractivity contribution < 1.29 is 9.59 Å². The number of carbonyl (C=O) groups is 2. The van der Waals surface area contributed by atoms with Crippen LogP contribution in [0.5, 0.6) is 0 Å². The first-order chi connectivity index (χ1) is 10.1. The van der Waals surface area contributed by atoms with Crippen molar-refractivity contribution >= 4 is 11.8 Å². The van der Waals surface area contributed by atoms with Crippen LogP contribution in [-0.2, 0) is 16.1 Å². The third-order valence-electron chi connectivity index (χ3n) is 3.85. The second-order valence-corrected chi connectivity index (χ2v) is 5.16. The zero-order valence-electron chi connectivity index (χ0n) is 12.4. The van der Waals surface area contributed by atoms with Gasteiger partial charge in [0.1, 0.15) is 12.1 Å². The Morgan fingerprint density at radius 1 is 1.10 bits per heavy atom. The van der Waals surface area contributed by atoms with Crippen molar-refractivity contribution in [2.24, 2.45) is 0 Å². The van der Waals surface area contributed by atoms with E-state index in [1.165, 1.54) is 6.07 Å². The van der Waals surface area contributed by atoms with Crippen molar-refractivity contribution in [2.75, 3.05) is 6.54 Å². The minimum absolute atomic E-state index is 0.0621. The van der Waals surface area contributed by atoms with E-state index in [1.807, 2.05) is 13.8 Å². The number of amides is 2. The zero-order valence-corrected chi connectivity index (χ0v) is 12.4. The molecule has 2 amide bonds. The number of hydrogen-bond donors (Lipinski definition) is 1. The molecule has 0 bridgehead atoms. The highest BCUT2D eigenvalue weighted by molar-refractivity contribution is 5.96. The van der Waals surface area contributed by atoms with Crippen LogP contribution < -0.4 is 10.9 Å². The molecule has 0 radical (unpaired) electrons. The van der Waals surface area contributed by atoms with E-state index in [-0.39, 0.29) is 17.4 Å². The number of piperazine rings is 1. The van der Waals surface area contributed by atoms with Gasteiger partial charge in [-0.1, -0.05) is 19.9 Å². The fraction of sp³-hybridized carbons (Fsp3) is 0.533. The molecule has 0 spiro atoms. The molecular formula is C15H21N3O3. The number of rotatable bonds is 5. The lowest BCUT2D eigenvalue weighted by molar-refractivity contribution is -0.149. The molecule has 0 aliphatic carbocycles. The van der Waals surface area contributed by atoms with Gasteiger partial charge in [0.05, 0.1) is 0 Å². The number of hydrogen-bond acceptors (Lipinski definition) is 3. The molecule has 6 heteroatoms. The van der Waals surface area contributed by atoms with Crippen LogP contribution in [0.2, 0.25) is 0 Å². The lowest BCUT2D eigenvalue weighted by atomic mass is 10.0. The SMILES string of the molecule is CCC1NC(=O)C(CC)N(CCn2ccccc2=O)C1=O. The van der Waals surface area contributed by atoms with Gasteiger partial charge in [-0.15, -0.1) is 0 Å². The average molecular weight is 291 g/mol. The maximum atomic E-state index is 12.4. The molecule has 2 rings (SSSR count). The summed E-state index contributed by atoms with van der Waals surface area (Å²) < 4.78 is 1.55. The molecule has 2 atom stereocenters. The summed E-state index contributed by atoms with van der Waals surface area (Å²) in [6, 6.07) is 4.04. The van der Waals surface area contributed by atoms with Gasteiger partial charge < -0.3 is 14.8 Å². The first-order valence-electron chi connectivity index (χ1n) is 7.34. The Kier molecular flexibility index (Phi) is 4.77. The number of nitrogens with one attached hydrogen (secondary N) is 1. The smallest absolute Gasteiger partial charge is 0.250 e. The monoisotopic (exact) mass is 291 g/mol. The van der Waals surface area contributed by atoms with Crippen LogP contribution in [0.15, 0.2) is 29.2 Å². The molecule has 1 fully saturated rings. The summed E-state index contributed by atoms with van der Waals surface area (Å²) in [4.78, 5) is 37.7. The van der Waals surface area contributed by atoms with Crippen LogP contribution in [0.4, 0.5) is 0 Å². The molecule has 0 saturated carbocycles. The fourth-order valence-corrected chi connectivity index (χ4v) is 2.63. The normalized spacial score (nSPS) is 22.3. The zero-order chi connectivity index (χ0) is 15.4. The molecule has 2 heterocycles. The van der Waals surface area contributed by atoms with Crippen LogP contribution in [0.25, 0.3) is 0 Å². The maximum absolute atomic E-state index is 12.4. The predicted octanol–water partition coefficient (Wildman–Crippen LogP) is 0.364. The topological polar surface area (TPSA) is 71.4 Å². The molecule has 0 aromatic carbocycles. The van der Waals surface area contributed by atoms with Crippen molar-refractivity contribution in [1.29, 1.82) is 0 Å². The first kappa shape index (κ1) is 15.3. The Hall–Kier alpha value is -2.11. The van der Waals surface area contributed by atoms with E-state index < -0.39 is 12.1 Å². The third kappa shape index (κ3) is 3.15. The molecule has 1 aromatic heterocycles. The van der Waals surface area contributed by atoms with Crippen LogP contribution >= 0.6 is 0 Å². The van der Waals surface area contributed by atoms with E-state index in [0.717, 1.165) is 0 Å². The van der Waals surface area contributed by atoms with Gasteiger partial charge in [-0.2, -0.15) is 0 Å². The highest BCUT2D eigenvalue weighted by atomic mass is 16.2. The van der Waals surface area contributed by atoms with Crippen LogP contribution in [0.1, 0.15) is 26.7 Å². The summed E-state index contributed by atoms with van der Waals surface area (Å²) in [5, 5.41) is 2.76. The van der Waals surface area contributed by atoms with E-state index in [0.29, 0.717) is 25.9 Å². The number of pyridine rings is 1. The lowest BCUT2D eigenvalue weighted by Gasteiger charge is -2.38. The second-order valence-electron chi connectivity index (χ2n) is 5.16. The summed E-state index contributed by atoms with van der Waals surface area (Å²) in [7, 11) is 0. The van der Waals surface area contributed by atoms with Crippen LogP contribution in [0, 0.1) is 0 Å². The number of nitrogens with zero attached hydrogens (tertiary/aromatic N) is 2. The summed E-state index contributed by atoms with van der Waals surface area (Å²) >= 11 is 0. The van der Waals surface area contributed by atoms with Crippen molar-refractivity contribution in [2.45, 2.75) is 45.3 Å². The van der Waals surface area contributed by atoms with Gasteiger partial charge >= 0.3 is 0 Å². The van der Waals surface area contributed by atoms with Gasteiger partial charge in [-0.25, -0.2) is 0 Å². The largest absolute Gasteiger partial charge is 0.343 e. The van der Waals surface area contributed by atoms with Crippen LogP contribution in [-0.4, -0.2) is 39.9 Å². The predicted molar refractivity (Wildman–Crippen MR) is 78.7 cm³/mol. The maximum Gasteiger partial charge on any atom is 0.250 e. The number of aromatic nitrogens is 1. The standard InChI is InChI=1S/C15H21N3O3/c1-3-11-15(21)18(12(4-2)14(20)16-11)10-9-17-8-6-5-7-13(17)19/h5-8,11-12H,3-4,9-10H2,1-2H3,(H,16,20). The molecule has 1 aliphatic rings. The van der Waals surface area contributed by atoms with Crippen LogP contribution in [0.3, 0.4) is 0 Å². The van der Waals surface area contributed by atoms with Gasteiger partial charge in [0.25, 0.3) is 5.56 Å². The summed E-state index contributed by atoms with van der Waals surface area (Å²) in [5.41, 5.74) is -0.105. The molecule has 1 saturated heterocycles.